The molecule has 78 valence electrons. The lowest BCUT2D eigenvalue weighted by molar-refractivity contribution is -0.142. The van der Waals surface area contributed by atoms with Crippen molar-refractivity contribution in [2.75, 3.05) is 0 Å². The van der Waals surface area contributed by atoms with Gasteiger partial charge in [0.15, 0.2) is 11.6 Å². The molecule has 0 amide bonds. The van der Waals surface area contributed by atoms with Crippen LogP contribution in [0.3, 0.4) is 0 Å². The Morgan fingerprint density at radius 3 is 2.64 bits per heavy atom. The summed E-state index contributed by atoms with van der Waals surface area (Å²) in [5.74, 6) is -1.98. The van der Waals surface area contributed by atoms with Gasteiger partial charge in [-0.05, 0) is 18.9 Å². The Balaban J connectivity index is 2.91. The molecular weight excluding hydrogens is 184 g/mol. The third-order valence-corrected chi connectivity index (χ3v) is 2.50. The van der Waals surface area contributed by atoms with Crippen LogP contribution in [0.2, 0.25) is 0 Å². The van der Waals surface area contributed by atoms with Crippen molar-refractivity contribution in [2.45, 2.75) is 26.1 Å². The second-order valence-electron chi connectivity index (χ2n) is 3.67. The van der Waals surface area contributed by atoms with Gasteiger partial charge in [0.25, 0.3) is 0 Å². The quantitative estimate of drug-likeness (QED) is 0.638. The largest absolute Gasteiger partial charge is 0.386 e. The molecule has 0 saturated carbocycles. The number of rotatable bonds is 2. The Morgan fingerprint density at radius 1 is 1.57 bits per heavy atom. The van der Waals surface area contributed by atoms with Gasteiger partial charge in [-0.3, -0.25) is 9.59 Å². The van der Waals surface area contributed by atoms with E-state index in [1.807, 2.05) is 0 Å². The lowest BCUT2D eigenvalue weighted by atomic mass is 9.78. The number of carbonyl (C=O) groups is 2. The summed E-state index contributed by atoms with van der Waals surface area (Å²) in [6, 6.07) is 0. The van der Waals surface area contributed by atoms with Crippen LogP contribution in [-0.4, -0.2) is 34.0 Å². The van der Waals surface area contributed by atoms with Gasteiger partial charge in [-0.2, -0.15) is 0 Å². The molecule has 0 aliphatic heterocycles. The summed E-state index contributed by atoms with van der Waals surface area (Å²) in [5.41, 5.74) is 0. The fraction of sp³-hybridized carbons (Fsp3) is 0.600. The van der Waals surface area contributed by atoms with E-state index >= 15 is 0 Å². The van der Waals surface area contributed by atoms with Crippen LogP contribution in [0.4, 0.5) is 0 Å². The standard InChI is InChI=1S/C10H14O4/c1-5-3-4-7(12)10(14)8(5)9(13)6(2)11/h3-6,8,10-11,14H,1-2H3/t5-,6-,8-,10+/m1/s1. The molecule has 14 heavy (non-hydrogen) atoms. The molecule has 1 aliphatic rings. The molecule has 4 heteroatoms. The first-order chi connectivity index (χ1) is 6.45. The summed E-state index contributed by atoms with van der Waals surface area (Å²) in [6.07, 6.45) is 0.412. The Hall–Kier alpha value is -1.00. The molecule has 1 rings (SSSR count). The molecule has 0 aromatic heterocycles. The third-order valence-electron chi connectivity index (χ3n) is 2.50. The van der Waals surface area contributed by atoms with E-state index in [0.717, 1.165) is 0 Å². The van der Waals surface area contributed by atoms with Gasteiger partial charge in [0.05, 0.1) is 5.92 Å². The minimum absolute atomic E-state index is 0.218. The smallest absolute Gasteiger partial charge is 0.184 e. The van der Waals surface area contributed by atoms with E-state index in [9.17, 15) is 14.7 Å². The number of allylic oxidation sites excluding steroid dienone is 1. The minimum Gasteiger partial charge on any atom is -0.386 e. The maximum absolute atomic E-state index is 11.5. The summed E-state index contributed by atoms with van der Waals surface area (Å²) >= 11 is 0. The van der Waals surface area contributed by atoms with Gasteiger partial charge in [-0.1, -0.05) is 13.0 Å². The van der Waals surface area contributed by atoms with Crippen molar-refractivity contribution in [1.82, 2.24) is 0 Å². The van der Waals surface area contributed by atoms with E-state index in [1.54, 1.807) is 13.0 Å². The zero-order valence-electron chi connectivity index (χ0n) is 8.18. The second kappa shape index (κ2) is 4.02. The summed E-state index contributed by atoms with van der Waals surface area (Å²) in [7, 11) is 0. The van der Waals surface area contributed by atoms with Crippen molar-refractivity contribution >= 4 is 11.6 Å². The highest BCUT2D eigenvalue weighted by atomic mass is 16.3. The van der Waals surface area contributed by atoms with Gasteiger partial charge >= 0.3 is 0 Å². The molecule has 0 unspecified atom stereocenters. The van der Waals surface area contributed by atoms with Crippen molar-refractivity contribution in [3.05, 3.63) is 12.2 Å². The van der Waals surface area contributed by atoms with E-state index in [2.05, 4.69) is 0 Å². The Labute approximate surface area is 82.2 Å². The lowest BCUT2D eigenvalue weighted by Crippen LogP contribution is -2.43. The zero-order valence-corrected chi connectivity index (χ0v) is 8.18. The van der Waals surface area contributed by atoms with Crippen LogP contribution >= 0.6 is 0 Å². The molecular formula is C10H14O4. The number of aliphatic hydroxyl groups excluding tert-OH is 2. The number of aliphatic hydroxyl groups is 2. The van der Waals surface area contributed by atoms with Crippen LogP contribution in [-0.2, 0) is 9.59 Å². The molecule has 0 spiro atoms. The van der Waals surface area contributed by atoms with Crippen molar-refractivity contribution < 1.29 is 19.8 Å². The Bertz CT molecular complexity index is 280. The summed E-state index contributed by atoms with van der Waals surface area (Å²) in [4.78, 5) is 22.6. The molecule has 2 N–H and O–H groups in total. The van der Waals surface area contributed by atoms with Gasteiger partial charge in [0.2, 0.25) is 0 Å². The third kappa shape index (κ3) is 1.91. The molecule has 4 nitrogen and oxygen atoms in total. The molecule has 0 saturated heterocycles. The minimum atomic E-state index is -1.31. The second-order valence-corrected chi connectivity index (χ2v) is 3.67. The van der Waals surface area contributed by atoms with Crippen LogP contribution in [0.5, 0.6) is 0 Å². The topological polar surface area (TPSA) is 74.6 Å². The summed E-state index contributed by atoms with van der Waals surface area (Å²) in [5, 5.41) is 18.6. The van der Waals surface area contributed by atoms with E-state index < -0.39 is 29.7 Å². The van der Waals surface area contributed by atoms with Crippen LogP contribution in [0, 0.1) is 11.8 Å². The average molecular weight is 198 g/mol. The fourth-order valence-electron chi connectivity index (χ4n) is 1.62. The van der Waals surface area contributed by atoms with Crippen molar-refractivity contribution in [3.8, 4) is 0 Å². The molecule has 0 heterocycles. The predicted octanol–water partition coefficient (Wildman–Crippen LogP) is -0.312. The number of ketones is 2. The van der Waals surface area contributed by atoms with Crippen LogP contribution in [0.1, 0.15) is 13.8 Å². The Kier molecular flexibility index (Phi) is 3.18. The molecule has 0 bridgehead atoms. The first kappa shape index (κ1) is 11.1. The van der Waals surface area contributed by atoms with E-state index in [1.165, 1.54) is 13.0 Å². The van der Waals surface area contributed by atoms with Crippen molar-refractivity contribution in [2.24, 2.45) is 11.8 Å². The van der Waals surface area contributed by atoms with E-state index in [0.29, 0.717) is 0 Å². The molecule has 4 atom stereocenters. The van der Waals surface area contributed by atoms with Gasteiger partial charge < -0.3 is 10.2 Å². The normalized spacial score (nSPS) is 34.3. The number of carbonyl (C=O) groups excluding carboxylic acids is 2. The SMILES string of the molecule is C[C@@H]1C=CC(=O)[C@H](O)[C@H]1C(=O)[C@@H](C)O. The highest BCUT2D eigenvalue weighted by Crippen LogP contribution is 2.24. The monoisotopic (exact) mass is 198 g/mol. The first-order valence-corrected chi connectivity index (χ1v) is 4.57. The lowest BCUT2D eigenvalue weighted by Gasteiger charge is -2.28. The van der Waals surface area contributed by atoms with Gasteiger partial charge in [-0.15, -0.1) is 0 Å². The molecule has 0 fully saturated rings. The van der Waals surface area contributed by atoms with Crippen LogP contribution in [0.15, 0.2) is 12.2 Å². The number of Topliss-reactive ketones (excluding diaryl/α,β-unsaturated/α-hetero) is 1. The fourth-order valence-corrected chi connectivity index (χ4v) is 1.62. The predicted molar refractivity (Wildman–Crippen MR) is 49.5 cm³/mol. The zero-order chi connectivity index (χ0) is 10.9. The molecule has 1 aliphatic carbocycles. The first-order valence-electron chi connectivity index (χ1n) is 4.57. The van der Waals surface area contributed by atoms with Crippen molar-refractivity contribution in [1.29, 1.82) is 0 Å². The van der Waals surface area contributed by atoms with Gasteiger partial charge in [-0.25, -0.2) is 0 Å². The maximum Gasteiger partial charge on any atom is 0.184 e. The number of hydrogen-bond donors (Lipinski definition) is 2. The van der Waals surface area contributed by atoms with E-state index in [4.69, 9.17) is 5.11 Å². The highest BCUT2D eigenvalue weighted by molar-refractivity contribution is 6.00. The maximum atomic E-state index is 11.5. The van der Waals surface area contributed by atoms with Gasteiger partial charge in [0.1, 0.15) is 12.2 Å². The highest BCUT2D eigenvalue weighted by Gasteiger charge is 2.38. The van der Waals surface area contributed by atoms with Crippen LogP contribution < -0.4 is 0 Å². The van der Waals surface area contributed by atoms with E-state index in [-0.39, 0.29) is 5.92 Å². The summed E-state index contributed by atoms with van der Waals surface area (Å²) < 4.78 is 0. The van der Waals surface area contributed by atoms with Gasteiger partial charge in [0, 0.05) is 0 Å². The van der Waals surface area contributed by atoms with Crippen LogP contribution in [0.25, 0.3) is 0 Å². The molecule has 0 aromatic carbocycles. The molecule has 0 radical (unpaired) electrons. The molecule has 0 aromatic rings. The Morgan fingerprint density at radius 2 is 2.14 bits per heavy atom. The number of hydrogen-bond acceptors (Lipinski definition) is 4. The average Bonchev–Trinajstić information content (AvgIpc) is 2.12. The van der Waals surface area contributed by atoms with Crippen molar-refractivity contribution in [3.63, 3.8) is 0 Å². The summed E-state index contributed by atoms with van der Waals surface area (Å²) in [6.45, 7) is 3.07.